The van der Waals surface area contributed by atoms with Gasteiger partial charge in [-0.3, -0.25) is 4.90 Å². The molecule has 1 aliphatic heterocycles. The van der Waals surface area contributed by atoms with Crippen molar-refractivity contribution in [3.05, 3.63) is 29.3 Å². The molecular weight excluding hydrogens is 455 g/mol. The number of aryl methyl sites for hydroxylation is 1. The number of guanidine groups is 1. The zero-order valence-corrected chi connectivity index (χ0v) is 19.2. The van der Waals surface area contributed by atoms with Gasteiger partial charge >= 0.3 is 0 Å². The first-order valence-electron chi connectivity index (χ1n) is 9.63. The van der Waals surface area contributed by atoms with E-state index in [4.69, 9.17) is 15.2 Å². The molecule has 0 spiro atoms. The molecule has 154 valence electrons. The van der Waals surface area contributed by atoms with Gasteiger partial charge in [0.15, 0.2) is 5.96 Å². The van der Waals surface area contributed by atoms with Crippen LogP contribution in [0.3, 0.4) is 0 Å². The van der Waals surface area contributed by atoms with Crippen molar-refractivity contribution in [2.75, 3.05) is 40.0 Å². The number of ether oxygens (including phenoxy) is 2. The maximum absolute atomic E-state index is 6.07. The standard InChI is InChI=1S/C20H34N4O2.HI/c1-4-24-10-5-7-18(24)15-23-20(21)22-14-17-9-8-16(2)13-19(17)26-12-6-11-25-3;/h8-9,13,18H,4-7,10-12,14-15H2,1-3H3,(H3,21,22,23);1H. The SMILES string of the molecule is CCN1CCCC1CNC(N)=NCc1ccc(C)cc1OCCCOC.I. The minimum absolute atomic E-state index is 0. The summed E-state index contributed by atoms with van der Waals surface area (Å²) >= 11 is 0. The van der Waals surface area contributed by atoms with Crippen LogP contribution >= 0.6 is 24.0 Å². The first kappa shape index (κ1) is 24.0. The Hall–Kier alpha value is -1.06. The normalized spacial score (nSPS) is 17.6. The Labute approximate surface area is 180 Å². The zero-order valence-electron chi connectivity index (χ0n) is 16.9. The van der Waals surface area contributed by atoms with Gasteiger partial charge in [0.25, 0.3) is 0 Å². The van der Waals surface area contributed by atoms with Gasteiger partial charge in [0.05, 0.1) is 13.2 Å². The molecule has 0 saturated carbocycles. The maximum Gasteiger partial charge on any atom is 0.188 e. The number of benzene rings is 1. The van der Waals surface area contributed by atoms with Crippen LogP contribution in [0.5, 0.6) is 5.75 Å². The summed E-state index contributed by atoms with van der Waals surface area (Å²) < 4.78 is 11.0. The highest BCUT2D eigenvalue weighted by Crippen LogP contribution is 2.21. The fourth-order valence-corrected chi connectivity index (χ4v) is 3.30. The molecule has 6 nitrogen and oxygen atoms in total. The van der Waals surface area contributed by atoms with E-state index in [1.165, 1.54) is 24.9 Å². The van der Waals surface area contributed by atoms with Crippen molar-refractivity contribution in [2.45, 2.75) is 45.7 Å². The van der Waals surface area contributed by atoms with Crippen molar-refractivity contribution < 1.29 is 9.47 Å². The number of likely N-dealkylation sites (N-methyl/N-ethyl adjacent to an activating group) is 1. The third-order valence-corrected chi connectivity index (χ3v) is 4.82. The van der Waals surface area contributed by atoms with Crippen molar-refractivity contribution in [1.29, 1.82) is 0 Å². The molecule has 1 fully saturated rings. The molecule has 1 aromatic rings. The number of nitrogens with zero attached hydrogens (tertiary/aromatic N) is 2. The lowest BCUT2D eigenvalue weighted by atomic mass is 10.1. The Kier molecular flexibility index (Phi) is 11.7. The average Bonchev–Trinajstić information content (AvgIpc) is 3.10. The number of halogens is 1. The number of nitrogens with one attached hydrogen (secondary N) is 1. The predicted molar refractivity (Wildman–Crippen MR) is 122 cm³/mol. The predicted octanol–water partition coefficient (Wildman–Crippen LogP) is 2.92. The van der Waals surface area contributed by atoms with Crippen LogP contribution in [-0.2, 0) is 11.3 Å². The van der Waals surface area contributed by atoms with Crippen LogP contribution in [0.2, 0.25) is 0 Å². The van der Waals surface area contributed by atoms with Crippen molar-refractivity contribution >= 4 is 29.9 Å². The number of aliphatic imine (C=N–C) groups is 1. The Balaban J connectivity index is 0.00000364. The van der Waals surface area contributed by atoms with Gasteiger partial charge in [0, 0.05) is 38.3 Å². The van der Waals surface area contributed by atoms with Crippen LogP contribution < -0.4 is 15.8 Å². The van der Waals surface area contributed by atoms with Crippen LogP contribution in [0, 0.1) is 6.92 Å². The van der Waals surface area contributed by atoms with E-state index < -0.39 is 0 Å². The summed E-state index contributed by atoms with van der Waals surface area (Å²) in [5.74, 6) is 1.38. The van der Waals surface area contributed by atoms with Crippen molar-refractivity contribution in [3.8, 4) is 5.75 Å². The van der Waals surface area contributed by atoms with Gasteiger partial charge in [-0.15, -0.1) is 24.0 Å². The van der Waals surface area contributed by atoms with Crippen LogP contribution in [0.1, 0.15) is 37.3 Å². The summed E-state index contributed by atoms with van der Waals surface area (Å²) in [5, 5.41) is 3.28. The second kappa shape index (κ2) is 13.2. The fourth-order valence-electron chi connectivity index (χ4n) is 3.30. The van der Waals surface area contributed by atoms with Crippen molar-refractivity contribution in [1.82, 2.24) is 10.2 Å². The van der Waals surface area contributed by atoms with Gasteiger partial charge in [0.2, 0.25) is 0 Å². The third-order valence-electron chi connectivity index (χ3n) is 4.82. The molecule has 0 aromatic heterocycles. The number of methoxy groups -OCH3 is 1. The van der Waals surface area contributed by atoms with Crippen LogP contribution in [0.4, 0.5) is 0 Å². The second-order valence-corrected chi connectivity index (χ2v) is 6.81. The molecule has 3 N–H and O–H groups in total. The summed E-state index contributed by atoms with van der Waals surface area (Å²) in [6.45, 7) is 9.26. The summed E-state index contributed by atoms with van der Waals surface area (Å²) in [4.78, 5) is 6.99. The molecule has 1 saturated heterocycles. The largest absolute Gasteiger partial charge is 0.493 e. The molecule has 0 radical (unpaired) electrons. The molecular formula is C20H35IN4O2. The van der Waals surface area contributed by atoms with E-state index in [0.717, 1.165) is 30.8 Å². The molecule has 2 rings (SSSR count). The second-order valence-electron chi connectivity index (χ2n) is 6.81. The van der Waals surface area contributed by atoms with E-state index in [0.29, 0.717) is 31.8 Å². The maximum atomic E-state index is 6.07. The Morgan fingerprint density at radius 2 is 2.19 bits per heavy atom. The topological polar surface area (TPSA) is 72.1 Å². The van der Waals surface area contributed by atoms with Crippen LogP contribution in [0.15, 0.2) is 23.2 Å². The van der Waals surface area contributed by atoms with Gasteiger partial charge in [-0.25, -0.2) is 4.99 Å². The van der Waals surface area contributed by atoms with Gasteiger partial charge < -0.3 is 20.5 Å². The molecule has 0 aliphatic carbocycles. The van der Waals surface area contributed by atoms with Crippen molar-refractivity contribution in [2.24, 2.45) is 10.7 Å². The smallest absolute Gasteiger partial charge is 0.188 e. The highest BCUT2D eigenvalue weighted by atomic mass is 127. The highest BCUT2D eigenvalue weighted by Gasteiger charge is 2.22. The van der Waals surface area contributed by atoms with E-state index in [1.807, 2.05) is 0 Å². The van der Waals surface area contributed by atoms with E-state index in [2.05, 4.69) is 47.3 Å². The number of nitrogens with two attached hydrogens (primary N) is 1. The average molecular weight is 490 g/mol. The van der Waals surface area contributed by atoms with E-state index >= 15 is 0 Å². The number of likely N-dealkylation sites (tertiary alicyclic amines) is 1. The fraction of sp³-hybridized carbons (Fsp3) is 0.650. The van der Waals surface area contributed by atoms with Gasteiger partial charge in [0.1, 0.15) is 5.75 Å². The number of hydrogen-bond donors (Lipinski definition) is 2. The third kappa shape index (κ3) is 8.23. The Bertz CT molecular complexity index is 583. The lowest BCUT2D eigenvalue weighted by Crippen LogP contribution is -2.42. The number of rotatable bonds is 10. The van der Waals surface area contributed by atoms with Gasteiger partial charge in [-0.2, -0.15) is 0 Å². The van der Waals surface area contributed by atoms with Crippen LogP contribution in [-0.4, -0.2) is 56.9 Å². The minimum Gasteiger partial charge on any atom is -0.493 e. The quantitative estimate of drug-likeness (QED) is 0.229. The highest BCUT2D eigenvalue weighted by molar-refractivity contribution is 14.0. The Morgan fingerprint density at radius 3 is 2.93 bits per heavy atom. The Morgan fingerprint density at radius 1 is 1.37 bits per heavy atom. The first-order valence-corrected chi connectivity index (χ1v) is 9.63. The monoisotopic (exact) mass is 490 g/mol. The summed E-state index contributed by atoms with van der Waals surface area (Å²) in [6, 6.07) is 6.76. The molecule has 1 heterocycles. The molecule has 7 heteroatoms. The number of hydrogen-bond acceptors (Lipinski definition) is 4. The molecule has 1 aliphatic rings. The molecule has 27 heavy (non-hydrogen) atoms. The zero-order chi connectivity index (χ0) is 18.8. The lowest BCUT2D eigenvalue weighted by Gasteiger charge is -2.23. The summed E-state index contributed by atoms with van der Waals surface area (Å²) in [5.41, 5.74) is 8.29. The summed E-state index contributed by atoms with van der Waals surface area (Å²) in [7, 11) is 1.70. The molecule has 0 amide bonds. The van der Waals surface area contributed by atoms with Crippen LogP contribution in [0.25, 0.3) is 0 Å². The van der Waals surface area contributed by atoms with Crippen molar-refractivity contribution in [3.63, 3.8) is 0 Å². The van der Waals surface area contributed by atoms with E-state index in [-0.39, 0.29) is 24.0 Å². The minimum atomic E-state index is 0. The molecule has 0 bridgehead atoms. The molecule has 1 aromatic carbocycles. The molecule has 1 unspecified atom stereocenters. The summed E-state index contributed by atoms with van der Waals surface area (Å²) in [6.07, 6.45) is 3.36. The van der Waals surface area contributed by atoms with Gasteiger partial charge in [-0.05, 0) is 44.5 Å². The first-order chi connectivity index (χ1) is 12.6. The van der Waals surface area contributed by atoms with E-state index in [9.17, 15) is 0 Å². The lowest BCUT2D eigenvalue weighted by molar-refractivity contribution is 0.172. The molecule has 1 atom stereocenters. The van der Waals surface area contributed by atoms with Gasteiger partial charge in [-0.1, -0.05) is 19.1 Å². The van der Waals surface area contributed by atoms with E-state index in [1.54, 1.807) is 7.11 Å².